The van der Waals surface area contributed by atoms with Crippen LogP contribution in [0, 0.1) is 11.6 Å². The van der Waals surface area contributed by atoms with Gasteiger partial charge in [-0.15, -0.1) is 11.3 Å². The summed E-state index contributed by atoms with van der Waals surface area (Å²) >= 11 is 1.29. The molecule has 3 heterocycles. The van der Waals surface area contributed by atoms with E-state index in [1.165, 1.54) is 36.8 Å². The first-order valence-corrected chi connectivity index (χ1v) is 10.7. The molecular formula is C20H20F2N6O2S. The average molecular weight is 446 g/mol. The summed E-state index contributed by atoms with van der Waals surface area (Å²) in [6.45, 7) is 2.81. The SMILES string of the molecule is O=C(Nc1nc(CN2CCCCC2)cs1)c1n[nH]cc1NC(=O)c1c(F)cccc1F. The number of halogens is 2. The zero-order valence-electron chi connectivity index (χ0n) is 16.5. The van der Waals surface area contributed by atoms with Crippen LogP contribution in [0.15, 0.2) is 29.8 Å². The fourth-order valence-corrected chi connectivity index (χ4v) is 4.09. The number of H-pyrrole nitrogens is 1. The maximum absolute atomic E-state index is 13.8. The van der Waals surface area contributed by atoms with E-state index in [1.807, 2.05) is 5.38 Å². The van der Waals surface area contributed by atoms with Crippen LogP contribution in [0.3, 0.4) is 0 Å². The summed E-state index contributed by atoms with van der Waals surface area (Å²) in [5.74, 6) is -3.64. The second kappa shape index (κ2) is 9.31. The van der Waals surface area contributed by atoms with Gasteiger partial charge in [-0.25, -0.2) is 13.8 Å². The molecule has 1 fully saturated rings. The minimum absolute atomic E-state index is 0.00440. The van der Waals surface area contributed by atoms with E-state index in [0.717, 1.165) is 43.5 Å². The molecular weight excluding hydrogens is 426 g/mol. The second-order valence-electron chi connectivity index (χ2n) is 7.13. The van der Waals surface area contributed by atoms with E-state index in [-0.39, 0.29) is 11.4 Å². The van der Waals surface area contributed by atoms with E-state index < -0.39 is 29.0 Å². The van der Waals surface area contributed by atoms with Gasteiger partial charge in [0.15, 0.2) is 10.8 Å². The van der Waals surface area contributed by atoms with E-state index in [1.54, 1.807) is 0 Å². The van der Waals surface area contributed by atoms with Crippen molar-refractivity contribution < 1.29 is 18.4 Å². The van der Waals surface area contributed by atoms with Gasteiger partial charge in [0, 0.05) is 18.1 Å². The van der Waals surface area contributed by atoms with Crippen molar-refractivity contribution in [1.29, 1.82) is 0 Å². The number of nitrogens with one attached hydrogen (secondary N) is 3. The summed E-state index contributed by atoms with van der Waals surface area (Å²) in [7, 11) is 0. The van der Waals surface area contributed by atoms with Gasteiger partial charge < -0.3 is 5.32 Å². The molecule has 31 heavy (non-hydrogen) atoms. The Bertz CT molecular complexity index is 1070. The molecule has 1 aliphatic heterocycles. The fraction of sp³-hybridized carbons (Fsp3) is 0.300. The van der Waals surface area contributed by atoms with E-state index in [2.05, 4.69) is 30.7 Å². The Balaban J connectivity index is 1.41. The van der Waals surface area contributed by atoms with Crippen LogP contribution in [-0.4, -0.2) is 45.0 Å². The van der Waals surface area contributed by atoms with Crippen molar-refractivity contribution in [2.75, 3.05) is 23.7 Å². The van der Waals surface area contributed by atoms with Gasteiger partial charge in [-0.05, 0) is 38.1 Å². The number of aromatic amines is 1. The Morgan fingerprint density at radius 3 is 2.58 bits per heavy atom. The lowest BCUT2D eigenvalue weighted by atomic mass is 10.1. The van der Waals surface area contributed by atoms with Crippen LogP contribution in [0.1, 0.15) is 45.8 Å². The Labute approximate surface area is 180 Å². The molecule has 1 aliphatic rings. The van der Waals surface area contributed by atoms with E-state index >= 15 is 0 Å². The maximum atomic E-state index is 13.8. The first-order valence-electron chi connectivity index (χ1n) is 9.78. The van der Waals surface area contributed by atoms with Crippen LogP contribution < -0.4 is 10.6 Å². The molecule has 0 bridgehead atoms. The number of carbonyl (C=O) groups excluding carboxylic acids is 2. The third-order valence-corrected chi connectivity index (χ3v) is 5.71. The van der Waals surface area contributed by atoms with Gasteiger partial charge in [-0.1, -0.05) is 12.5 Å². The van der Waals surface area contributed by atoms with E-state index in [9.17, 15) is 18.4 Å². The second-order valence-corrected chi connectivity index (χ2v) is 7.99. The number of anilines is 2. The van der Waals surface area contributed by atoms with Gasteiger partial charge in [-0.2, -0.15) is 5.10 Å². The summed E-state index contributed by atoms with van der Waals surface area (Å²) in [5, 5.41) is 13.6. The molecule has 0 unspecified atom stereocenters. The Morgan fingerprint density at radius 2 is 1.84 bits per heavy atom. The minimum Gasteiger partial charge on any atom is -0.318 e. The van der Waals surface area contributed by atoms with Crippen LogP contribution in [0.4, 0.5) is 19.6 Å². The maximum Gasteiger partial charge on any atom is 0.280 e. The largest absolute Gasteiger partial charge is 0.318 e. The molecule has 2 aromatic heterocycles. The summed E-state index contributed by atoms with van der Waals surface area (Å²) < 4.78 is 27.7. The first-order chi connectivity index (χ1) is 15.0. The van der Waals surface area contributed by atoms with Gasteiger partial charge in [0.25, 0.3) is 11.8 Å². The lowest BCUT2D eigenvalue weighted by Crippen LogP contribution is -2.29. The minimum atomic E-state index is -1.02. The molecule has 162 valence electrons. The molecule has 0 radical (unpaired) electrons. The highest BCUT2D eigenvalue weighted by Crippen LogP contribution is 2.22. The molecule has 1 saturated heterocycles. The Hall–Kier alpha value is -3.18. The molecule has 8 nitrogen and oxygen atoms in total. The lowest BCUT2D eigenvalue weighted by molar-refractivity contribution is 0.101. The summed E-state index contributed by atoms with van der Waals surface area (Å²) in [5.41, 5.74) is -0.00162. The van der Waals surface area contributed by atoms with Gasteiger partial charge in [0.2, 0.25) is 0 Å². The van der Waals surface area contributed by atoms with Crippen molar-refractivity contribution >= 4 is 34.0 Å². The van der Waals surface area contributed by atoms with Crippen molar-refractivity contribution in [2.45, 2.75) is 25.8 Å². The summed E-state index contributed by atoms with van der Waals surface area (Å²) in [4.78, 5) is 31.7. The number of rotatable bonds is 6. The number of aromatic nitrogens is 3. The van der Waals surface area contributed by atoms with Crippen molar-refractivity contribution in [1.82, 2.24) is 20.1 Å². The number of piperidine rings is 1. The van der Waals surface area contributed by atoms with Crippen molar-refractivity contribution in [3.8, 4) is 0 Å². The highest BCUT2D eigenvalue weighted by Gasteiger charge is 2.22. The van der Waals surface area contributed by atoms with Gasteiger partial charge in [-0.3, -0.25) is 24.9 Å². The number of amides is 2. The van der Waals surface area contributed by atoms with Crippen LogP contribution in [0.25, 0.3) is 0 Å². The molecule has 1 aromatic carbocycles. The Kier molecular flexibility index (Phi) is 6.33. The Morgan fingerprint density at radius 1 is 1.10 bits per heavy atom. The normalized spacial score (nSPS) is 14.4. The number of likely N-dealkylation sites (tertiary alicyclic amines) is 1. The molecule has 3 N–H and O–H groups in total. The fourth-order valence-electron chi connectivity index (χ4n) is 3.40. The predicted octanol–water partition coefficient (Wildman–Crippen LogP) is 3.63. The summed E-state index contributed by atoms with van der Waals surface area (Å²) in [6.07, 6.45) is 4.87. The number of benzene rings is 1. The van der Waals surface area contributed by atoms with Gasteiger partial charge >= 0.3 is 0 Å². The lowest BCUT2D eigenvalue weighted by Gasteiger charge is -2.25. The smallest absolute Gasteiger partial charge is 0.280 e. The number of thiazole rings is 1. The number of hydrogen-bond acceptors (Lipinski definition) is 6. The molecule has 2 amide bonds. The van der Waals surface area contributed by atoms with Crippen LogP contribution >= 0.6 is 11.3 Å². The molecule has 0 aliphatic carbocycles. The number of carbonyl (C=O) groups is 2. The third-order valence-electron chi connectivity index (χ3n) is 4.90. The molecule has 3 aromatic rings. The quantitative estimate of drug-likeness (QED) is 0.537. The highest BCUT2D eigenvalue weighted by molar-refractivity contribution is 7.14. The van der Waals surface area contributed by atoms with Crippen LogP contribution in [-0.2, 0) is 6.54 Å². The zero-order valence-corrected chi connectivity index (χ0v) is 17.3. The molecule has 4 rings (SSSR count). The third kappa shape index (κ3) is 4.94. The van der Waals surface area contributed by atoms with Gasteiger partial charge in [0.1, 0.15) is 17.2 Å². The first kappa shape index (κ1) is 21.1. The van der Waals surface area contributed by atoms with Crippen molar-refractivity contribution in [3.05, 3.63) is 58.4 Å². The number of hydrogen-bond donors (Lipinski definition) is 3. The van der Waals surface area contributed by atoms with E-state index in [0.29, 0.717) is 5.13 Å². The predicted molar refractivity (Wildman–Crippen MR) is 112 cm³/mol. The van der Waals surface area contributed by atoms with Crippen LogP contribution in [0.5, 0.6) is 0 Å². The van der Waals surface area contributed by atoms with Crippen LogP contribution in [0.2, 0.25) is 0 Å². The highest BCUT2D eigenvalue weighted by atomic mass is 32.1. The molecule has 0 saturated carbocycles. The molecule has 0 atom stereocenters. The van der Waals surface area contributed by atoms with Crippen molar-refractivity contribution in [2.24, 2.45) is 0 Å². The topological polar surface area (TPSA) is 103 Å². The zero-order chi connectivity index (χ0) is 21.8. The van der Waals surface area contributed by atoms with Crippen molar-refractivity contribution in [3.63, 3.8) is 0 Å². The number of nitrogens with zero attached hydrogens (tertiary/aromatic N) is 3. The molecule has 0 spiro atoms. The monoisotopic (exact) mass is 446 g/mol. The molecule has 11 heteroatoms. The standard InChI is InChI=1S/C20H20F2N6O2S/c21-13-5-4-6-14(22)16(13)18(29)25-15-9-23-27-17(15)19(30)26-20-24-12(11-31-20)10-28-7-2-1-3-8-28/h4-6,9,11H,1-3,7-8,10H2,(H,23,27)(H,25,29)(H,24,26,30). The average Bonchev–Trinajstić information content (AvgIpc) is 3.38. The van der Waals surface area contributed by atoms with E-state index in [4.69, 9.17) is 0 Å². The summed E-state index contributed by atoms with van der Waals surface area (Å²) in [6, 6.07) is 3.11. The van der Waals surface area contributed by atoms with Gasteiger partial charge in [0.05, 0.1) is 11.4 Å².